The molecule has 0 atom stereocenters. The average Bonchev–Trinajstić information content (AvgIpc) is 3.27. The van der Waals surface area contributed by atoms with E-state index in [1.807, 2.05) is 23.6 Å². The van der Waals surface area contributed by atoms with Crippen LogP contribution in [-0.4, -0.2) is 26.0 Å². The summed E-state index contributed by atoms with van der Waals surface area (Å²) in [6.45, 7) is 0. The van der Waals surface area contributed by atoms with E-state index in [0.29, 0.717) is 12.2 Å². The predicted molar refractivity (Wildman–Crippen MR) is 94.4 cm³/mol. The van der Waals surface area contributed by atoms with Crippen molar-refractivity contribution in [1.29, 1.82) is 0 Å². The Morgan fingerprint density at radius 1 is 1.04 bits per heavy atom. The minimum atomic E-state index is 0.181. The van der Waals surface area contributed by atoms with Gasteiger partial charge in [0, 0.05) is 6.42 Å². The number of hydrogen-bond acceptors (Lipinski definition) is 5. The fourth-order valence-electron chi connectivity index (χ4n) is 2.53. The molecule has 0 fully saturated rings. The normalized spacial score (nSPS) is 10.8. The van der Waals surface area contributed by atoms with Crippen LogP contribution in [-0.2, 0) is 17.6 Å². The van der Waals surface area contributed by atoms with Crippen LogP contribution in [0, 0.1) is 0 Å². The Bertz CT molecular complexity index is 752. The molecule has 0 amide bonds. The lowest BCUT2D eigenvalue weighted by molar-refractivity contribution is -0.118. The van der Waals surface area contributed by atoms with Crippen molar-refractivity contribution in [3.8, 4) is 5.00 Å². The van der Waals surface area contributed by atoms with Crippen LogP contribution < -0.4 is 0 Å². The van der Waals surface area contributed by atoms with Gasteiger partial charge >= 0.3 is 0 Å². The zero-order valence-electron chi connectivity index (χ0n) is 13.5. The van der Waals surface area contributed by atoms with Gasteiger partial charge < -0.3 is 0 Å². The summed E-state index contributed by atoms with van der Waals surface area (Å²) in [5.41, 5.74) is 1.36. The molecule has 24 heavy (non-hydrogen) atoms. The number of carbonyl (C=O) groups is 1. The van der Waals surface area contributed by atoms with E-state index in [9.17, 15) is 4.79 Å². The van der Waals surface area contributed by atoms with Gasteiger partial charge in [-0.05, 0) is 47.6 Å². The molecule has 0 N–H and O–H groups in total. The average molecular weight is 340 g/mol. The third-order valence-corrected chi connectivity index (χ3v) is 4.61. The number of carbonyl (C=O) groups excluding carboxylic acids is 1. The van der Waals surface area contributed by atoms with E-state index in [-0.39, 0.29) is 12.2 Å². The Kier molecular flexibility index (Phi) is 5.85. The first-order valence-corrected chi connectivity index (χ1v) is 9.07. The Balaban J connectivity index is 1.35. The molecule has 0 saturated heterocycles. The van der Waals surface area contributed by atoms with Gasteiger partial charge in [0.15, 0.2) is 5.82 Å². The molecule has 0 unspecified atom stereocenters. The van der Waals surface area contributed by atoms with Crippen molar-refractivity contribution in [2.45, 2.75) is 38.5 Å². The molecule has 3 rings (SSSR count). The van der Waals surface area contributed by atoms with Crippen molar-refractivity contribution in [1.82, 2.24) is 20.2 Å². The van der Waals surface area contributed by atoms with Crippen LogP contribution in [0.25, 0.3) is 5.00 Å². The van der Waals surface area contributed by atoms with Crippen molar-refractivity contribution < 1.29 is 4.79 Å². The van der Waals surface area contributed by atoms with E-state index in [0.717, 1.165) is 30.7 Å². The van der Waals surface area contributed by atoms with E-state index in [1.54, 1.807) is 0 Å². The van der Waals surface area contributed by atoms with Gasteiger partial charge in [-0.25, -0.2) is 0 Å². The maximum Gasteiger partial charge on any atom is 0.182 e. The largest absolute Gasteiger partial charge is 0.299 e. The Hall–Kier alpha value is -2.34. The van der Waals surface area contributed by atoms with E-state index in [4.69, 9.17) is 0 Å². The van der Waals surface area contributed by atoms with Gasteiger partial charge in [-0.3, -0.25) is 4.79 Å². The number of Topliss-reactive ketones (excluding diaryl/α,β-unsaturated/α-hetero) is 1. The Morgan fingerprint density at radius 2 is 1.92 bits per heavy atom. The third kappa shape index (κ3) is 4.83. The van der Waals surface area contributed by atoms with E-state index in [1.165, 1.54) is 21.7 Å². The summed E-state index contributed by atoms with van der Waals surface area (Å²) in [6.07, 6.45) is 5.03. The zero-order valence-corrected chi connectivity index (χ0v) is 14.3. The highest BCUT2D eigenvalue weighted by Crippen LogP contribution is 2.12. The Morgan fingerprint density at radius 3 is 2.71 bits per heavy atom. The molecule has 0 aliphatic heterocycles. The molecule has 0 saturated carbocycles. The SMILES string of the molecule is O=C(CCCCCc1ccccc1)Cc1nnn(-c2cccs2)n1. The first kappa shape index (κ1) is 16.5. The van der Waals surface area contributed by atoms with E-state index < -0.39 is 0 Å². The molecule has 0 aliphatic rings. The van der Waals surface area contributed by atoms with Crippen molar-refractivity contribution in [2.75, 3.05) is 0 Å². The number of tetrazole rings is 1. The highest BCUT2D eigenvalue weighted by molar-refractivity contribution is 7.12. The summed E-state index contributed by atoms with van der Waals surface area (Å²) in [4.78, 5) is 13.5. The molecule has 2 heterocycles. The lowest BCUT2D eigenvalue weighted by atomic mass is 10.0. The number of nitrogens with zero attached hydrogens (tertiary/aromatic N) is 4. The molecule has 1 aromatic carbocycles. The number of hydrogen-bond donors (Lipinski definition) is 0. The van der Waals surface area contributed by atoms with E-state index >= 15 is 0 Å². The van der Waals surface area contributed by atoms with Crippen LogP contribution >= 0.6 is 11.3 Å². The summed E-state index contributed by atoms with van der Waals surface area (Å²) in [6, 6.07) is 14.3. The van der Waals surface area contributed by atoms with Crippen LogP contribution in [0.2, 0.25) is 0 Å². The molecule has 0 spiro atoms. The molecular formula is C18H20N4OS. The topological polar surface area (TPSA) is 60.7 Å². The van der Waals surface area contributed by atoms with Gasteiger partial charge in [-0.1, -0.05) is 36.8 Å². The second-order valence-electron chi connectivity index (χ2n) is 5.71. The monoisotopic (exact) mass is 340 g/mol. The second-order valence-corrected chi connectivity index (χ2v) is 6.63. The van der Waals surface area contributed by atoms with Crippen LogP contribution in [0.4, 0.5) is 0 Å². The molecule has 0 bridgehead atoms. The van der Waals surface area contributed by atoms with Crippen LogP contribution in [0.5, 0.6) is 0 Å². The van der Waals surface area contributed by atoms with Crippen LogP contribution in [0.1, 0.15) is 37.1 Å². The first-order chi connectivity index (χ1) is 11.8. The molecule has 0 radical (unpaired) electrons. The van der Waals surface area contributed by atoms with Crippen molar-refractivity contribution in [3.63, 3.8) is 0 Å². The highest BCUT2D eigenvalue weighted by Gasteiger charge is 2.10. The number of rotatable bonds is 9. The minimum Gasteiger partial charge on any atom is -0.299 e. The molecule has 2 aromatic heterocycles. The van der Waals surface area contributed by atoms with Crippen molar-refractivity contribution >= 4 is 17.1 Å². The standard InChI is InChI=1S/C18H20N4OS/c23-16(11-6-2-5-10-15-8-3-1-4-9-15)14-17-19-21-22(20-17)18-12-7-13-24-18/h1,3-4,7-9,12-13H,2,5-6,10-11,14H2. The number of unbranched alkanes of at least 4 members (excludes halogenated alkanes) is 2. The molecule has 124 valence electrons. The summed E-state index contributed by atoms with van der Waals surface area (Å²) >= 11 is 1.54. The lowest BCUT2D eigenvalue weighted by Gasteiger charge is -2.01. The number of aryl methyl sites for hydroxylation is 1. The van der Waals surface area contributed by atoms with Crippen LogP contribution in [0.15, 0.2) is 47.8 Å². The summed E-state index contributed by atoms with van der Waals surface area (Å²) in [7, 11) is 0. The van der Waals surface area contributed by atoms with Crippen molar-refractivity contribution in [2.24, 2.45) is 0 Å². The predicted octanol–water partition coefficient (Wildman–Crippen LogP) is 3.64. The van der Waals surface area contributed by atoms with Gasteiger partial charge in [-0.2, -0.15) is 0 Å². The van der Waals surface area contributed by atoms with Gasteiger partial charge in [0.2, 0.25) is 0 Å². The quantitative estimate of drug-likeness (QED) is 0.558. The number of thiophene rings is 1. The molecule has 0 aliphatic carbocycles. The highest BCUT2D eigenvalue weighted by atomic mass is 32.1. The molecule has 3 aromatic rings. The second kappa shape index (κ2) is 8.49. The summed E-state index contributed by atoms with van der Waals surface area (Å²) < 4.78 is 0. The molecule has 6 heteroatoms. The van der Waals surface area contributed by atoms with E-state index in [2.05, 4.69) is 39.7 Å². The minimum absolute atomic E-state index is 0.181. The number of benzene rings is 1. The maximum absolute atomic E-state index is 12.0. The maximum atomic E-state index is 12.0. The van der Waals surface area contributed by atoms with Gasteiger partial charge in [0.1, 0.15) is 10.8 Å². The molecule has 5 nitrogen and oxygen atoms in total. The zero-order chi connectivity index (χ0) is 16.6. The lowest BCUT2D eigenvalue weighted by Crippen LogP contribution is -2.05. The van der Waals surface area contributed by atoms with Crippen LogP contribution in [0.3, 0.4) is 0 Å². The molecular weight excluding hydrogens is 320 g/mol. The van der Waals surface area contributed by atoms with Gasteiger partial charge in [-0.15, -0.1) is 26.3 Å². The fraction of sp³-hybridized carbons (Fsp3) is 0.333. The first-order valence-electron chi connectivity index (χ1n) is 8.20. The fourth-order valence-corrected chi connectivity index (χ4v) is 3.15. The number of aromatic nitrogens is 4. The van der Waals surface area contributed by atoms with Gasteiger partial charge in [0.05, 0.1) is 6.42 Å². The van der Waals surface area contributed by atoms with Gasteiger partial charge in [0.25, 0.3) is 0 Å². The summed E-state index contributed by atoms with van der Waals surface area (Å²) in [5, 5.41) is 15.1. The Labute approximate surface area is 145 Å². The third-order valence-electron chi connectivity index (χ3n) is 3.78. The van der Waals surface area contributed by atoms with Crippen molar-refractivity contribution in [3.05, 3.63) is 59.2 Å². The summed E-state index contributed by atoms with van der Waals surface area (Å²) in [5.74, 6) is 0.679. The number of ketones is 1. The smallest absolute Gasteiger partial charge is 0.182 e.